The molecule has 2 aromatic carbocycles. The van der Waals surface area contributed by atoms with E-state index in [1.165, 1.54) is 0 Å². The zero-order valence-corrected chi connectivity index (χ0v) is 15.1. The molecule has 0 saturated carbocycles. The number of hydrogen-bond acceptors (Lipinski definition) is 3. The molecule has 0 saturated heterocycles. The van der Waals surface area contributed by atoms with Gasteiger partial charge in [0.1, 0.15) is 5.75 Å². The molecule has 1 amide bonds. The lowest BCUT2D eigenvalue weighted by atomic mass is 10.0. The fraction of sp³-hybridized carbons (Fsp3) is 0.222. The molecule has 0 aliphatic rings. The molecular weight excluding hydrogens is 344 g/mol. The van der Waals surface area contributed by atoms with E-state index in [-0.39, 0.29) is 17.6 Å². The van der Waals surface area contributed by atoms with Crippen LogP contribution in [0.15, 0.2) is 48.5 Å². The first-order chi connectivity index (χ1) is 11.5. The summed E-state index contributed by atoms with van der Waals surface area (Å²) >= 11 is 11.1. The molecule has 2 N–H and O–H groups in total. The molecule has 0 aliphatic carbocycles. The van der Waals surface area contributed by atoms with Crippen LogP contribution in [0.4, 0.5) is 5.69 Å². The Bertz CT molecular complexity index is 734. The number of thiocarbonyl (C=S) groups is 1. The molecule has 0 fully saturated rings. The molecule has 0 unspecified atom stereocenters. The maximum Gasteiger partial charge on any atom is 0.264 e. The van der Waals surface area contributed by atoms with Crippen molar-refractivity contribution in [2.45, 2.75) is 19.8 Å². The summed E-state index contributed by atoms with van der Waals surface area (Å²) in [6.45, 7) is 4.03. The average molecular weight is 363 g/mol. The average Bonchev–Trinajstić information content (AvgIpc) is 2.55. The van der Waals surface area contributed by atoms with Gasteiger partial charge in [-0.15, -0.1) is 0 Å². The van der Waals surface area contributed by atoms with E-state index in [1.54, 1.807) is 12.1 Å². The van der Waals surface area contributed by atoms with E-state index in [9.17, 15) is 4.79 Å². The van der Waals surface area contributed by atoms with Gasteiger partial charge in [-0.2, -0.15) is 0 Å². The molecule has 126 valence electrons. The Labute approximate surface area is 152 Å². The second-order valence-electron chi connectivity index (χ2n) is 5.46. The van der Waals surface area contributed by atoms with Crippen molar-refractivity contribution in [2.24, 2.45) is 0 Å². The summed E-state index contributed by atoms with van der Waals surface area (Å²) in [6, 6.07) is 14.8. The van der Waals surface area contributed by atoms with Crippen molar-refractivity contribution in [3.05, 3.63) is 59.1 Å². The Balaban J connectivity index is 1.88. The van der Waals surface area contributed by atoms with Gasteiger partial charge in [-0.05, 0) is 41.9 Å². The summed E-state index contributed by atoms with van der Waals surface area (Å²) in [6.07, 6.45) is 0. The van der Waals surface area contributed by atoms with Crippen molar-refractivity contribution >= 4 is 40.5 Å². The molecule has 2 rings (SSSR count). The third-order valence-electron chi connectivity index (χ3n) is 3.27. The van der Waals surface area contributed by atoms with E-state index < -0.39 is 0 Å². The first-order valence-electron chi connectivity index (χ1n) is 7.54. The highest BCUT2D eigenvalue weighted by atomic mass is 35.5. The second kappa shape index (κ2) is 8.66. The van der Waals surface area contributed by atoms with Gasteiger partial charge in [-0.25, -0.2) is 0 Å². The van der Waals surface area contributed by atoms with Gasteiger partial charge in [0.2, 0.25) is 0 Å². The molecular formula is C18H19ClN2O2S. The van der Waals surface area contributed by atoms with Crippen molar-refractivity contribution in [3.8, 4) is 5.75 Å². The van der Waals surface area contributed by atoms with Crippen LogP contribution in [0.1, 0.15) is 25.3 Å². The molecule has 0 heterocycles. The number of halogens is 1. The topological polar surface area (TPSA) is 50.4 Å². The van der Waals surface area contributed by atoms with Gasteiger partial charge in [0.05, 0.1) is 10.7 Å². The minimum absolute atomic E-state index is 0.117. The maximum absolute atomic E-state index is 12.0. The minimum Gasteiger partial charge on any atom is -0.483 e. The summed E-state index contributed by atoms with van der Waals surface area (Å²) in [5.41, 5.74) is 1.69. The number of anilines is 1. The number of carbonyl (C=O) groups excluding carboxylic acids is 1. The fourth-order valence-electron chi connectivity index (χ4n) is 2.11. The zero-order valence-electron chi connectivity index (χ0n) is 13.5. The molecule has 0 bridgehead atoms. The number of carbonyl (C=O) groups is 1. The molecule has 4 nitrogen and oxygen atoms in total. The lowest BCUT2D eigenvalue weighted by molar-refractivity contribution is -0.121. The van der Waals surface area contributed by atoms with Gasteiger partial charge >= 0.3 is 0 Å². The van der Waals surface area contributed by atoms with E-state index in [0.29, 0.717) is 22.4 Å². The molecule has 24 heavy (non-hydrogen) atoms. The summed E-state index contributed by atoms with van der Waals surface area (Å²) < 4.78 is 5.61. The molecule has 0 aromatic heterocycles. The normalized spacial score (nSPS) is 10.3. The zero-order chi connectivity index (χ0) is 17.5. The van der Waals surface area contributed by atoms with Crippen LogP contribution in [-0.2, 0) is 4.79 Å². The van der Waals surface area contributed by atoms with Crippen LogP contribution < -0.4 is 15.4 Å². The highest BCUT2D eigenvalue weighted by molar-refractivity contribution is 7.80. The van der Waals surface area contributed by atoms with Gasteiger partial charge < -0.3 is 10.1 Å². The first-order valence-corrected chi connectivity index (χ1v) is 8.33. The molecule has 0 atom stereocenters. The Morgan fingerprint density at radius 3 is 2.54 bits per heavy atom. The van der Waals surface area contributed by atoms with E-state index in [2.05, 4.69) is 24.5 Å². The monoisotopic (exact) mass is 362 g/mol. The predicted octanol–water partition coefficient (Wildman–Crippen LogP) is 4.36. The second-order valence-corrected chi connectivity index (χ2v) is 6.28. The van der Waals surface area contributed by atoms with Crippen LogP contribution in [0.3, 0.4) is 0 Å². The lowest BCUT2D eigenvalue weighted by Crippen LogP contribution is -2.37. The number of ether oxygens (including phenoxy) is 1. The van der Waals surface area contributed by atoms with E-state index in [1.807, 2.05) is 36.4 Å². The first kappa shape index (κ1) is 18.2. The number of benzene rings is 2. The van der Waals surface area contributed by atoms with E-state index in [0.717, 1.165) is 5.56 Å². The largest absolute Gasteiger partial charge is 0.483 e. The van der Waals surface area contributed by atoms with Crippen LogP contribution in [0.5, 0.6) is 5.75 Å². The van der Waals surface area contributed by atoms with Crippen molar-refractivity contribution in [1.29, 1.82) is 0 Å². The summed E-state index contributed by atoms with van der Waals surface area (Å²) in [4.78, 5) is 12.0. The Kier molecular flexibility index (Phi) is 6.58. The SMILES string of the molecule is CC(C)c1ccccc1OCC(=O)NC(=S)Nc1ccccc1Cl. The van der Waals surface area contributed by atoms with Crippen LogP contribution in [0.25, 0.3) is 0 Å². The van der Waals surface area contributed by atoms with Gasteiger partial charge in [0, 0.05) is 0 Å². The van der Waals surface area contributed by atoms with Crippen molar-refractivity contribution < 1.29 is 9.53 Å². The smallest absolute Gasteiger partial charge is 0.264 e. The number of para-hydroxylation sites is 2. The van der Waals surface area contributed by atoms with Crippen molar-refractivity contribution in [2.75, 3.05) is 11.9 Å². The quantitative estimate of drug-likeness (QED) is 0.776. The summed E-state index contributed by atoms with van der Waals surface area (Å²) in [5.74, 6) is 0.679. The van der Waals surface area contributed by atoms with Gasteiger partial charge in [0.15, 0.2) is 11.7 Å². The van der Waals surface area contributed by atoms with Crippen LogP contribution in [-0.4, -0.2) is 17.6 Å². The van der Waals surface area contributed by atoms with Crippen LogP contribution in [0.2, 0.25) is 5.02 Å². The summed E-state index contributed by atoms with van der Waals surface area (Å²) in [5, 5.41) is 6.15. The molecule has 2 aromatic rings. The third kappa shape index (κ3) is 5.22. The number of amides is 1. The Hall–Kier alpha value is -2.11. The van der Waals surface area contributed by atoms with Gasteiger partial charge in [-0.1, -0.05) is 55.8 Å². The Morgan fingerprint density at radius 1 is 1.17 bits per heavy atom. The molecule has 0 aliphatic heterocycles. The maximum atomic E-state index is 12.0. The third-order valence-corrected chi connectivity index (χ3v) is 3.81. The number of nitrogens with one attached hydrogen (secondary N) is 2. The van der Waals surface area contributed by atoms with Gasteiger partial charge in [0.25, 0.3) is 5.91 Å². The fourth-order valence-corrected chi connectivity index (χ4v) is 2.52. The molecule has 0 radical (unpaired) electrons. The highest BCUT2D eigenvalue weighted by Gasteiger charge is 2.10. The van der Waals surface area contributed by atoms with Gasteiger partial charge in [-0.3, -0.25) is 10.1 Å². The van der Waals surface area contributed by atoms with E-state index in [4.69, 9.17) is 28.6 Å². The van der Waals surface area contributed by atoms with Crippen molar-refractivity contribution in [1.82, 2.24) is 5.32 Å². The standard InChI is InChI=1S/C18H19ClN2O2S/c1-12(2)13-7-3-6-10-16(13)23-11-17(22)21-18(24)20-15-9-5-4-8-14(15)19/h3-10,12H,11H2,1-2H3,(H2,20,21,22,24). The summed E-state index contributed by atoms with van der Waals surface area (Å²) in [7, 11) is 0. The van der Waals surface area contributed by atoms with E-state index >= 15 is 0 Å². The Morgan fingerprint density at radius 2 is 1.83 bits per heavy atom. The lowest BCUT2D eigenvalue weighted by Gasteiger charge is -2.14. The van der Waals surface area contributed by atoms with Crippen LogP contribution in [0, 0.1) is 0 Å². The van der Waals surface area contributed by atoms with Crippen LogP contribution >= 0.6 is 23.8 Å². The molecule has 6 heteroatoms. The molecule has 0 spiro atoms. The number of rotatable bonds is 5. The predicted molar refractivity (Wildman–Crippen MR) is 102 cm³/mol. The minimum atomic E-state index is -0.335. The number of hydrogen-bond donors (Lipinski definition) is 2. The van der Waals surface area contributed by atoms with Crippen molar-refractivity contribution in [3.63, 3.8) is 0 Å². The highest BCUT2D eigenvalue weighted by Crippen LogP contribution is 2.25.